The first kappa shape index (κ1) is 26.6. The maximum atomic E-state index is 13.7. The van der Waals surface area contributed by atoms with Crippen molar-refractivity contribution in [2.75, 3.05) is 20.4 Å². The molecular formula is C28H27N5O7. The normalized spacial score (nSPS) is 18.4. The first-order valence-electron chi connectivity index (χ1n) is 12.4. The number of carbonyl (C=O) groups is 4. The molecule has 5 rings (SSSR count). The topological polar surface area (TPSA) is 154 Å². The lowest BCUT2D eigenvalue weighted by molar-refractivity contribution is -0.158. The molecule has 12 heteroatoms. The predicted octanol–water partition coefficient (Wildman–Crippen LogP) is 1.71. The number of nitrogens with one attached hydrogen (secondary N) is 3. The molecule has 4 amide bonds. The van der Waals surface area contributed by atoms with Crippen LogP contribution in [0.3, 0.4) is 0 Å². The molecule has 2 aliphatic heterocycles. The summed E-state index contributed by atoms with van der Waals surface area (Å²) >= 11 is 0. The Hall–Kier alpha value is -5.05. The number of methoxy groups -OCH3 is 1. The number of H-pyrrole nitrogens is 2. The van der Waals surface area contributed by atoms with Crippen LogP contribution in [0.25, 0.3) is 10.9 Å². The summed E-state index contributed by atoms with van der Waals surface area (Å²) in [5.74, 6) is 4.59. The van der Waals surface area contributed by atoms with E-state index >= 15 is 0 Å². The van der Waals surface area contributed by atoms with Gasteiger partial charge >= 0.3 is 12.0 Å². The van der Waals surface area contributed by atoms with Crippen LogP contribution in [0.2, 0.25) is 0 Å². The van der Waals surface area contributed by atoms with Crippen molar-refractivity contribution in [3.05, 3.63) is 63.4 Å². The quantitative estimate of drug-likeness (QED) is 0.251. The average Bonchev–Trinajstić information content (AvgIpc) is 3.52. The Bertz CT molecular complexity index is 1690. The number of rotatable bonds is 5. The summed E-state index contributed by atoms with van der Waals surface area (Å²) in [5, 5.41) is 8.31. The molecule has 0 unspecified atom stereocenters. The SMILES string of the molecule is COc1ccc2c(c1)C(=O)N(C[C@@]1(C#Cc3ccc4c(=O)[nH][nH]c4c3)NC(=O)N(COC(=O)C(C)(C)C)C1=O)C2. The Morgan fingerprint density at radius 1 is 1.07 bits per heavy atom. The molecule has 12 nitrogen and oxygen atoms in total. The molecule has 1 fully saturated rings. The number of urea groups is 1. The molecule has 2 aromatic carbocycles. The zero-order valence-corrected chi connectivity index (χ0v) is 22.3. The van der Waals surface area contributed by atoms with Crippen molar-refractivity contribution in [2.24, 2.45) is 5.41 Å². The second-order valence-corrected chi connectivity index (χ2v) is 10.7. The smallest absolute Gasteiger partial charge is 0.328 e. The van der Waals surface area contributed by atoms with Gasteiger partial charge in [0.25, 0.3) is 17.4 Å². The fourth-order valence-electron chi connectivity index (χ4n) is 4.49. The Labute approximate surface area is 228 Å². The summed E-state index contributed by atoms with van der Waals surface area (Å²) in [6.45, 7) is 4.28. The molecule has 0 spiro atoms. The molecule has 3 N–H and O–H groups in total. The zero-order chi connectivity index (χ0) is 28.8. The zero-order valence-electron chi connectivity index (χ0n) is 22.3. The molecule has 40 heavy (non-hydrogen) atoms. The number of aromatic amines is 2. The second-order valence-electron chi connectivity index (χ2n) is 10.7. The highest BCUT2D eigenvalue weighted by atomic mass is 16.5. The minimum absolute atomic E-state index is 0.195. The predicted molar refractivity (Wildman–Crippen MR) is 142 cm³/mol. The summed E-state index contributed by atoms with van der Waals surface area (Å²) in [6.07, 6.45) is 0. The van der Waals surface area contributed by atoms with Gasteiger partial charge in [0.1, 0.15) is 5.75 Å². The lowest BCUT2D eigenvalue weighted by Gasteiger charge is -2.27. The summed E-state index contributed by atoms with van der Waals surface area (Å²) in [4.78, 5) is 66.4. The van der Waals surface area contributed by atoms with Gasteiger partial charge in [-0.2, -0.15) is 0 Å². The minimum atomic E-state index is -1.83. The van der Waals surface area contributed by atoms with Gasteiger partial charge < -0.3 is 19.7 Å². The molecular weight excluding hydrogens is 518 g/mol. The highest BCUT2D eigenvalue weighted by molar-refractivity contribution is 6.10. The van der Waals surface area contributed by atoms with Gasteiger partial charge in [0.05, 0.1) is 30.0 Å². The van der Waals surface area contributed by atoms with Crippen molar-refractivity contribution < 1.29 is 28.7 Å². The van der Waals surface area contributed by atoms with Crippen LogP contribution in [-0.2, 0) is 20.9 Å². The third-order valence-corrected chi connectivity index (χ3v) is 6.73. The summed E-state index contributed by atoms with van der Waals surface area (Å²) in [7, 11) is 1.50. The van der Waals surface area contributed by atoms with E-state index in [0.717, 1.165) is 10.5 Å². The van der Waals surface area contributed by atoms with Crippen LogP contribution < -0.4 is 15.6 Å². The number of hydrogen-bond acceptors (Lipinski definition) is 7. The van der Waals surface area contributed by atoms with Gasteiger partial charge in [-0.25, -0.2) is 9.69 Å². The van der Waals surface area contributed by atoms with E-state index in [1.807, 2.05) is 0 Å². The van der Waals surface area contributed by atoms with Crippen molar-refractivity contribution in [3.63, 3.8) is 0 Å². The molecule has 0 saturated carbocycles. The first-order valence-corrected chi connectivity index (χ1v) is 12.4. The monoisotopic (exact) mass is 545 g/mol. The minimum Gasteiger partial charge on any atom is -0.497 e. The van der Waals surface area contributed by atoms with Gasteiger partial charge in [0, 0.05) is 17.7 Å². The van der Waals surface area contributed by atoms with Crippen LogP contribution in [0, 0.1) is 17.3 Å². The molecule has 0 aliphatic carbocycles. The molecule has 206 valence electrons. The number of amides is 4. The average molecular weight is 546 g/mol. The molecule has 1 aromatic heterocycles. The Morgan fingerprint density at radius 2 is 1.85 bits per heavy atom. The van der Waals surface area contributed by atoms with Crippen molar-refractivity contribution >= 4 is 34.7 Å². The van der Waals surface area contributed by atoms with E-state index < -0.39 is 35.6 Å². The highest BCUT2D eigenvalue weighted by Crippen LogP contribution is 2.30. The van der Waals surface area contributed by atoms with E-state index in [4.69, 9.17) is 9.47 Å². The molecule has 1 saturated heterocycles. The largest absolute Gasteiger partial charge is 0.497 e. The van der Waals surface area contributed by atoms with E-state index in [9.17, 15) is 24.0 Å². The van der Waals surface area contributed by atoms with E-state index in [-0.39, 0.29) is 24.6 Å². The molecule has 0 radical (unpaired) electrons. The Balaban J connectivity index is 1.48. The van der Waals surface area contributed by atoms with Gasteiger partial charge in [-0.15, -0.1) is 0 Å². The fraction of sp³-hybridized carbons (Fsp3) is 0.321. The van der Waals surface area contributed by atoms with Crippen LogP contribution in [0.5, 0.6) is 5.75 Å². The maximum absolute atomic E-state index is 13.7. The van der Waals surface area contributed by atoms with Crippen LogP contribution in [0.15, 0.2) is 41.2 Å². The number of nitrogens with zero attached hydrogens (tertiary/aromatic N) is 2. The number of aromatic nitrogens is 2. The summed E-state index contributed by atoms with van der Waals surface area (Å²) in [5.41, 5.74) is -0.810. The van der Waals surface area contributed by atoms with Crippen LogP contribution in [-0.4, -0.2) is 69.7 Å². The number of hydrogen-bond donors (Lipinski definition) is 3. The maximum Gasteiger partial charge on any atom is 0.328 e. The number of ether oxygens (including phenoxy) is 2. The van der Waals surface area contributed by atoms with Gasteiger partial charge in [0.15, 0.2) is 6.73 Å². The third kappa shape index (κ3) is 4.66. The molecule has 2 aliphatic rings. The number of carbonyl (C=O) groups excluding carboxylic acids is 4. The number of benzene rings is 2. The van der Waals surface area contributed by atoms with Crippen molar-refractivity contribution in [1.29, 1.82) is 0 Å². The van der Waals surface area contributed by atoms with E-state index in [1.54, 1.807) is 57.2 Å². The van der Waals surface area contributed by atoms with Crippen LogP contribution in [0.4, 0.5) is 4.79 Å². The molecule has 1 atom stereocenters. The van der Waals surface area contributed by atoms with E-state index in [2.05, 4.69) is 27.4 Å². The number of fused-ring (bicyclic) bond motifs is 2. The second kappa shape index (κ2) is 9.60. The number of imide groups is 1. The Kier molecular flexibility index (Phi) is 6.38. The van der Waals surface area contributed by atoms with Gasteiger partial charge in [-0.05, 0) is 56.7 Å². The van der Waals surface area contributed by atoms with Crippen LogP contribution in [0.1, 0.15) is 42.3 Å². The van der Waals surface area contributed by atoms with Gasteiger partial charge in [-0.3, -0.25) is 29.4 Å². The fourth-order valence-corrected chi connectivity index (χ4v) is 4.49. The van der Waals surface area contributed by atoms with Crippen molar-refractivity contribution in [2.45, 2.75) is 32.9 Å². The third-order valence-electron chi connectivity index (χ3n) is 6.73. The molecule has 0 bridgehead atoms. The molecule has 3 aromatic rings. The van der Waals surface area contributed by atoms with E-state index in [0.29, 0.717) is 27.8 Å². The number of esters is 1. The molecule has 3 heterocycles. The van der Waals surface area contributed by atoms with Crippen molar-refractivity contribution in [1.82, 2.24) is 25.3 Å². The van der Waals surface area contributed by atoms with Gasteiger partial charge in [-0.1, -0.05) is 17.9 Å². The first-order chi connectivity index (χ1) is 18.9. The lowest BCUT2D eigenvalue weighted by atomic mass is 9.97. The standard InChI is InChI=1S/C28H27N5O7/c1-27(2,3)25(37)40-15-33-24(36)28(29-26(33)38,10-9-16-5-8-19-21(11-16)30-31-22(19)34)14-32-13-17-6-7-18(39-4)12-20(17)23(32)35/h5-8,11-12H,13-15H2,1-4H3,(H,29,38)(H2,30,31,34)/t28-/m1/s1. The van der Waals surface area contributed by atoms with Crippen LogP contribution >= 0.6 is 0 Å². The van der Waals surface area contributed by atoms with Crippen molar-refractivity contribution in [3.8, 4) is 17.6 Å². The van der Waals surface area contributed by atoms with Gasteiger partial charge in [0.2, 0.25) is 5.54 Å². The summed E-state index contributed by atoms with van der Waals surface area (Å²) in [6, 6.07) is 9.14. The summed E-state index contributed by atoms with van der Waals surface area (Å²) < 4.78 is 10.5. The lowest BCUT2D eigenvalue weighted by Crippen LogP contribution is -2.54. The highest BCUT2D eigenvalue weighted by Gasteiger charge is 2.53. The van der Waals surface area contributed by atoms with E-state index in [1.165, 1.54) is 12.0 Å². The Morgan fingerprint density at radius 3 is 2.58 bits per heavy atom.